The zero-order valence-electron chi connectivity index (χ0n) is 12.7. The van der Waals surface area contributed by atoms with Crippen molar-refractivity contribution in [1.29, 1.82) is 0 Å². The van der Waals surface area contributed by atoms with Crippen molar-refractivity contribution in [3.8, 4) is 0 Å². The highest BCUT2D eigenvalue weighted by molar-refractivity contribution is 6.30. The normalized spacial score (nSPS) is 24.4. The minimum absolute atomic E-state index is 0.226. The maximum atomic E-state index is 12.5. The van der Waals surface area contributed by atoms with Crippen molar-refractivity contribution in [3.05, 3.63) is 29.3 Å². The maximum Gasteiger partial charge on any atom is 0.331 e. The van der Waals surface area contributed by atoms with E-state index in [1.54, 1.807) is 12.1 Å². The number of halogens is 1. The van der Waals surface area contributed by atoms with Crippen molar-refractivity contribution in [2.75, 3.05) is 18.5 Å². The van der Waals surface area contributed by atoms with Gasteiger partial charge in [0, 0.05) is 23.6 Å². The Morgan fingerprint density at radius 3 is 2.62 bits per heavy atom. The summed E-state index contributed by atoms with van der Waals surface area (Å²) in [5.41, 5.74) is -0.277. The molecule has 1 atom stereocenters. The van der Waals surface area contributed by atoms with Crippen LogP contribution in [0.3, 0.4) is 0 Å². The number of esters is 1. The highest BCUT2D eigenvalue weighted by atomic mass is 35.5. The first-order chi connectivity index (χ1) is 9.87. The second kappa shape index (κ2) is 6.24. The fourth-order valence-electron chi connectivity index (χ4n) is 2.78. The minimum Gasteiger partial charge on any atom is -0.464 e. The molecule has 1 fully saturated rings. The molecule has 1 unspecified atom stereocenters. The zero-order valence-corrected chi connectivity index (χ0v) is 13.5. The summed E-state index contributed by atoms with van der Waals surface area (Å²) in [4.78, 5) is 12.5. The molecule has 0 radical (unpaired) electrons. The second-order valence-electron chi connectivity index (χ2n) is 5.97. The predicted octanol–water partition coefficient (Wildman–Crippen LogP) is 3.64. The number of nitrogens with one attached hydrogen (secondary N) is 1. The molecule has 0 spiro atoms. The summed E-state index contributed by atoms with van der Waals surface area (Å²) in [6, 6.07) is 7.33. The average molecular weight is 312 g/mol. The van der Waals surface area contributed by atoms with Crippen LogP contribution in [0.5, 0.6) is 0 Å². The average Bonchev–Trinajstić information content (AvgIpc) is 2.40. The number of carbonyl (C=O) groups is 1. The van der Waals surface area contributed by atoms with Crippen LogP contribution in [-0.4, -0.2) is 30.3 Å². The van der Waals surface area contributed by atoms with Gasteiger partial charge in [-0.25, -0.2) is 4.79 Å². The Morgan fingerprint density at radius 1 is 1.38 bits per heavy atom. The Balaban J connectivity index is 2.27. The van der Waals surface area contributed by atoms with Gasteiger partial charge >= 0.3 is 5.97 Å². The summed E-state index contributed by atoms with van der Waals surface area (Å²) in [7, 11) is 0. The molecule has 1 aliphatic heterocycles. The van der Waals surface area contributed by atoms with Crippen LogP contribution in [0.25, 0.3) is 0 Å². The lowest BCUT2D eigenvalue weighted by atomic mass is 9.81. The molecule has 1 aromatic carbocycles. The second-order valence-corrected chi connectivity index (χ2v) is 6.41. The molecule has 0 amide bonds. The largest absolute Gasteiger partial charge is 0.464 e. The van der Waals surface area contributed by atoms with Crippen molar-refractivity contribution in [2.24, 2.45) is 0 Å². The number of benzene rings is 1. The van der Waals surface area contributed by atoms with Gasteiger partial charge in [0.2, 0.25) is 0 Å². The molecule has 1 saturated heterocycles. The van der Waals surface area contributed by atoms with Gasteiger partial charge in [-0.2, -0.15) is 0 Å². The van der Waals surface area contributed by atoms with E-state index in [9.17, 15) is 4.79 Å². The molecular weight excluding hydrogens is 290 g/mol. The summed E-state index contributed by atoms with van der Waals surface area (Å²) in [6.07, 6.45) is 1.14. The molecule has 4 nitrogen and oxygen atoms in total. The van der Waals surface area contributed by atoms with E-state index in [0.29, 0.717) is 31.1 Å². The molecule has 1 aliphatic rings. The van der Waals surface area contributed by atoms with Gasteiger partial charge in [-0.15, -0.1) is 0 Å². The van der Waals surface area contributed by atoms with Gasteiger partial charge in [0.1, 0.15) is 5.54 Å². The molecule has 2 rings (SSSR count). The van der Waals surface area contributed by atoms with Gasteiger partial charge in [0.05, 0.1) is 18.8 Å². The first-order valence-electron chi connectivity index (χ1n) is 7.22. The summed E-state index contributed by atoms with van der Waals surface area (Å²) in [6.45, 7) is 6.68. The van der Waals surface area contributed by atoms with Crippen LogP contribution in [-0.2, 0) is 14.3 Å². The van der Waals surface area contributed by atoms with Crippen LogP contribution in [0, 0.1) is 0 Å². The van der Waals surface area contributed by atoms with Crippen molar-refractivity contribution < 1.29 is 14.3 Å². The lowest BCUT2D eigenvalue weighted by Gasteiger charge is -2.43. The Kier molecular flexibility index (Phi) is 4.79. The summed E-state index contributed by atoms with van der Waals surface area (Å²) < 4.78 is 11.0. The highest BCUT2D eigenvalue weighted by Crippen LogP contribution is 2.36. The van der Waals surface area contributed by atoms with E-state index in [1.807, 2.05) is 32.9 Å². The number of rotatable bonds is 4. The Hall–Kier alpha value is -1.26. The van der Waals surface area contributed by atoms with Crippen molar-refractivity contribution in [1.82, 2.24) is 0 Å². The van der Waals surface area contributed by atoms with Gasteiger partial charge in [-0.05, 0) is 45.0 Å². The summed E-state index contributed by atoms with van der Waals surface area (Å²) in [5, 5.41) is 4.01. The molecule has 21 heavy (non-hydrogen) atoms. The molecular formula is C16H22ClNO3. The zero-order chi connectivity index (χ0) is 15.5. The maximum absolute atomic E-state index is 12.5. The number of hydrogen-bond acceptors (Lipinski definition) is 4. The molecule has 0 bridgehead atoms. The molecule has 0 saturated carbocycles. The van der Waals surface area contributed by atoms with E-state index >= 15 is 0 Å². The van der Waals surface area contributed by atoms with Crippen LogP contribution in [0.1, 0.15) is 33.6 Å². The SMILES string of the molecule is CCOC(=O)C1(Nc2ccc(Cl)cc2)CCOC(C)(C)C1. The first-order valence-corrected chi connectivity index (χ1v) is 7.60. The Labute approximate surface area is 130 Å². The van der Waals surface area contributed by atoms with E-state index in [-0.39, 0.29) is 11.6 Å². The Morgan fingerprint density at radius 2 is 2.05 bits per heavy atom. The van der Waals surface area contributed by atoms with Gasteiger partial charge in [-0.3, -0.25) is 0 Å². The number of ether oxygens (including phenoxy) is 2. The van der Waals surface area contributed by atoms with Crippen LogP contribution in [0.15, 0.2) is 24.3 Å². The number of hydrogen-bond donors (Lipinski definition) is 1. The van der Waals surface area contributed by atoms with E-state index < -0.39 is 5.54 Å². The van der Waals surface area contributed by atoms with Crippen LogP contribution < -0.4 is 5.32 Å². The van der Waals surface area contributed by atoms with Crippen molar-refractivity contribution >= 4 is 23.3 Å². The highest BCUT2D eigenvalue weighted by Gasteiger charge is 2.47. The van der Waals surface area contributed by atoms with Gasteiger partial charge in [0.15, 0.2) is 0 Å². The van der Waals surface area contributed by atoms with Crippen molar-refractivity contribution in [3.63, 3.8) is 0 Å². The summed E-state index contributed by atoms with van der Waals surface area (Å²) >= 11 is 5.91. The monoisotopic (exact) mass is 311 g/mol. The van der Waals surface area contributed by atoms with Crippen LogP contribution in [0.4, 0.5) is 5.69 Å². The van der Waals surface area contributed by atoms with Crippen LogP contribution in [0.2, 0.25) is 5.02 Å². The molecule has 0 aliphatic carbocycles. The van der Waals surface area contributed by atoms with E-state index in [0.717, 1.165) is 5.69 Å². The number of anilines is 1. The fourth-order valence-corrected chi connectivity index (χ4v) is 2.90. The lowest BCUT2D eigenvalue weighted by Crippen LogP contribution is -2.56. The topological polar surface area (TPSA) is 47.6 Å². The van der Waals surface area contributed by atoms with Crippen molar-refractivity contribution in [2.45, 2.75) is 44.8 Å². The molecule has 1 N–H and O–H groups in total. The fraction of sp³-hybridized carbons (Fsp3) is 0.562. The molecule has 5 heteroatoms. The van der Waals surface area contributed by atoms with E-state index in [2.05, 4.69) is 5.32 Å². The third-order valence-electron chi connectivity index (χ3n) is 3.64. The smallest absolute Gasteiger partial charge is 0.331 e. The van der Waals surface area contributed by atoms with E-state index in [4.69, 9.17) is 21.1 Å². The van der Waals surface area contributed by atoms with E-state index in [1.165, 1.54) is 0 Å². The first kappa shape index (κ1) is 16.1. The summed E-state index contributed by atoms with van der Waals surface area (Å²) in [5.74, 6) is -0.226. The van der Waals surface area contributed by atoms with Gasteiger partial charge < -0.3 is 14.8 Å². The quantitative estimate of drug-likeness (QED) is 0.862. The molecule has 0 aromatic heterocycles. The third kappa shape index (κ3) is 3.89. The third-order valence-corrected chi connectivity index (χ3v) is 3.90. The Bertz CT molecular complexity index is 501. The molecule has 1 aromatic rings. The predicted molar refractivity (Wildman–Crippen MR) is 83.7 cm³/mol. The molecule has 116 valence electrons. The standard InChI is InChI=1S/C16H22ClNO3/c1-4-20-14(19)16(9-10-21-15(2,3)11-16)18-13-7-5-12(17)6-8-13/h5-8,18H,4,9-11H2,1-3H3. The van der Waals surface area contributed by atoms with Gasteiger partial charge in [0.25, 0.3) is 0 Å². The van der Waals surface area contributed by atoms with Gasteiger partial charge in [-0.1, -0.05) is 11.6 Å². The molecule has 1 heterocycles. The lowest BCUT2D eigenvalue weighted by molar-refractivity contribution is -0.158. The minimum atomic E-state index is -0.758. The van der Waals surface area contributed by atoms with Crippen LogP contribution >= 0.6 is 11.6 Å². The number of carbonyl (C=O) groups excluding carboxylic acids is 1.